The standard InChI is InChI=1S/C15H20ClF2N3/c1-3-20(4-2)9-10-21-13(7-8-16)19-12-6-5-11(17)14(18)15(12)21/h5-6H,3-4,7-10H2,1-2H3. The minimum Gasteiger partial charge on any atom is -0.324 e. The molecule has 0 aliphatic carbocycles. The zero-order chi connectivity index (χ0) is 15.4. The molecule has 0 atom stereocenters. The van der Waals surface area contributed by atoms with E-state index in [2.05, 4.69) is 23.7 Å². The normalized spacial score (nSPS) is 11.7. The van der Waals surface area contributed by atoms with Gasteiger partial charge in [0.2, 0.25) is 0 Å². The van der Waals surface area contributed by atoms with E-state index in [1.165, 1.54) is 6.07 Å². The van der Waals surface area contributed by atoms with Crippen molar-refractivity contribution >= 4 is 22.6 Å². The van der Waals surface area contributed by atoms with Crippen LogP contribution < -0.4 is 0 Å². The Morgan fingerprint density at radius 2 is 1.95 bits per heavy atom. The lowest BCUT2D eigenvalue weighted by Crippen LogP contribution is -2.27. The van der Waals surface area contributed by atoms with Crippen LogP contribution in [0.4, 0.5) is 8.78 Å². The van der Waals surface area contributed by atoms with Gasteiger partial charge in [0.05, 0.1) is 5.52 Å². The molecule has 0 saturated carbocycles. The Kier molecular flexibility index (Phi) is 5.53. The average Bonchev–Trinajstić information content (AvgIpc) is 2.83. The van der Waals surface area contributed by atoms with Crippen molar-refractivity contribution in [1.29, 1.82) is 0 Å². The topological polar surface area (TPSA) is 21.1 Å². The van der Waals surface area contributed by atoms with E-state index >= 15 is 0 Å². The van der Waals surface area contributed by atoms with Crippen molar-refractivity contribution in [2.24, 2.45) is 0 Å². The molecule has 21 heavy (non-hydrogen) atoms. The van der Waals surface area contributed by atoms with Crippen LogP contribution in [0.1, 0.15) is 19.7 Å². The summed E-state index contributed by atoms with van der Waals surface area (Å²) in [6.45, 7) is 7.34. The van der Waals surface area contributed by atoms with Crippen LogP contribution in [0.5, 0.6) is 0 Å². The fourth-order valence-corrected chi connectivity index (χ4v) is 2.67. The molecule has 3 nitrogen and oxygen atoms in total. The Balaban J connectivity index is 2.42. The molecule has 0 fully saturated rings. The third-order valence-corrected chi connectivity index (χ3v) is 3.92. The molecule has 0 saturated heterocycles. The van der Waals surface area contributed by atoms with E-state index in [4.69, 9.17) is 11.6 Å². The first-order valence-electron chi connectivity index (χ1n) is 7.23. The highest BCUT2D eigenvalue weighted by molar-refractivity contribution is 6.17. The number of aryl methyl sites for hydroxylation is 1. The molecule has 1 aromatic carbocycles. The van der Waals surface area contributed by atoms with Crippen molar-refractivity contribution in [3.63, 3.8) is 0 Å². The SMILES string of the molecule is CCN(CC)CCn1c(CCCl)nc2ccc(F)c(F)c21. The average molecular weight is 316 g/mol. The third kappa shape index (κ3) is 3.35. The van der Waals surface area contributed by atoms with Crippen LogP contribution in [0.2, 0.25) is 0 Å². The largest absolute Gasteiger partial charge is 0.324 e. The molecule has 0 spiro atoms. The van der Waals surface area contributed by atoms with Gasteiger partial charge < -0.3 is 9.47 Å². The van der Waals surface area contributed by atoms with Crippen LogP contribution in [0, 0.1) is 11.6 Å². The number of benzene rings is 1. The van der Waals surface area contributed by atoms with E-state index in [1.807, 2.05) is 0 Å². The fourth-order valence-electron chi connectivity index (χ4n) is 2.50. The highest BCUT2D eigenvalue weighted by Gasteiger charge is 2.17. The maximum absolute atomic E-state index is 14.1. The minimum absolute atomic E-state index is 0.238. The summed E-state index contributed by atoms with van der Waals surface area (Å²) >= 11 is 5.79. The molecule has 0 aliphatic heterocycles. The summed E-state index contributed by atoms with van der Waals surface area (Å²) in [5.74, 6) is -0.570. The van der Waals surface area contributed by atoms with E-state index in [0.717, 1.165) is 25.7 Å². The molecule has 2 rings (SSSR count). The van der Waals surface area contributed by atoms with Gasteiger partial charge in [-0.3, -0.25) is 0 Å². The number of hydrogen-bond donors (Lipinski definition) is 0. The maximum atomic E-state index is 14.1. The Morgan fingerprint density at radius 1 is 1.24 bits per heavy atom. The number of halogens is 3. The van der Waals surface area contributed by atoms with Gasteiger partial charge in [-0.15, -0.1) is 11.6 Å². The molecule has 0 bridgehead atoms. The first-order valence-corrected chi connectivity index (χ1v) is 7.77. The van der Waals surface area contributed by atoms with Crippen LogP contribution >= 0.6 is 11.6 Å². The predicted octanol–water partition coefficient (Wildman–Crippen LogP) is 3.44. The Hall–Kier alpha value is -1.20. The fraction of sp³-hybridized carbons (Fsp3) is 0.533. The predicted molar refractivity (Wildman–Crippen MR) is 81.9 cm³/mol. The van der Waals surface area contributed by atoms with Crippen molar-refractivity contribution in [3.05, 3.63) is 29.6 Å². The maximum Gasteiger partial charge on any atom is 0.184 e. The molecule has 0 aliphatic rings. The number of nitrogens with zero attached hydrogens (tertiary/aromatic N) is 3. The number of imidazole rings is 1. The lowest BCUT2D eigenvalue weighted by molar-refractivity contribution is 0.290. The van der Waals surface area contributed by atoms with Crippen LogP contribution in [0.25, 0.3) is 11.0 Å². The second-order valence-electron chi connectivity index (χ2n) is 4.87. The monoisotopic (exact) mass is 315 g/mol. The second-order valence-corrected chi connectivity index (χ2v) is 5.25. The van der Waals surface area contributed by atoms with Gasteiger partial charge in [0.15, 0.2) is 11.6 Å². The number of hydrogen-bond acceptors (Lipinski definition) is 2. The molecule has 0 N–H and O–H groups in total. The highest BCUT2D eigenvalue weighted by atomic mass is 35.5. The van der Waals surface area contributed by atoms with Gasteiger partial charge in [-0.05, 0) is 25.2 Å². The van der Waals surface area contributed by atoms with E-state index < -0.39 is 11.6 Å². The Bertz CT molecular complexity index is 608. The first kappa shape index (κ1) is 16.2. The van der Waals surface area contributed by atoms with Gasteiger partial charge in [-0.2, -0.15) is 0 Å². The van der Waals surface area contributed by atoms with Crippen molar-refractivity contribution in [3.8, 4) is 0 Å². The van der Waals surface area contributed by atoms with E-state index in [0.29, 0.717) is 30.2 Å². The number of aromatic nitrogens is 2. The number of likely N-dealkylation sites (N-methyl/N-ethyl adjacent to an activating group) is 1. The number of alkyl halides is 1. The molecule has 0 amide bonds. The van der Waals surface area contributed by atoms with E-state index in [-0.39, 0.29) is 5.52 Å². The van der Waals surface area contributed by atoms with Crippen LogP contribution in [-0.4, -0.2) is 40.0 Å². The van der Waals surface area contributed by atoms with Gasteiger partial charge in [-0.1, -0.05) is 13.8 Å². The zero-order valence-electron chi connectivity index (χ0n) is 12.4. The molecule has 0 radical (unpaired) electrons. The molecule has 1 heterocycles. The summed E-state index contributed by atoms with van der Waals surface area (Å²) in [7, 11) is 0. The molecular formula is C15H20ClF2N3. The molecule has 2 aromatic rings. The van der Waals surface area contributed by atoms with Gasteiger partial charge in [0.1, 0.15) is 11.3 Å². The highest BCUT2D eigenvalue weighted by Crippen LogP contribution is 2.22. The summed E-state index contributed by atoms with van der Waals surface area (Å²) in [4.78, 5) is 6.62. The number of rotatable bonds is 7. The lowest BCUT2D eigenvalue weighted by Gasteiger charge is -2.19. The number of fused-ring (bicyclic) bond motifs is 1. The Morgan fingerprint density at radius 3 is 2.57 bits per heavy atom. The van der Waals surface area contributed by atoms with Crippen LogP contribution in [0.3, 0.4) is 0 Å². The van der Waals surface area contributed by atoms with Crippen molar-refractivity contribution in [1.82, 2.24) is 14.5 Å². The summed E-state index contributed by atoms with van der Waals surface area (Å²) in [6.07, 6.45) is 0.537. The minimum atomic E-state index is -0.844. The first-order chi connectivity index (χ1) is 10.1. The molecular weight excluding hydrogens is 296 g/mol. The van der Waals surface area contributed by atoms with Crippen molar-refractivity contribution in [2.45, 2.75) is 26.8 Å². The molecule has 6 heteroatoms. The molecule has 116 valence electrons. The smallest absolute Gasteiger partial charge is 0.184 e. The Labute approximate surface area is 128 Å². The van der Waals surface area contributed by atoms with Gasteiger partial charge in [0, 0.05) is 25.4 Å². The van der Waals surface area contributed by atoms with E-state index in [1.54, 1.807) is 4.57 Å². The summed E-state index contributed by atoms with van der Waals surface area (Å²) in [6, 6.07) is 2.63. The van der Waals surface area contributed by atoms with Gasteiger partial charge in [0.25, 0.3) is 0 Å². The lowest BCUT2D eigenvalue weighted by atomic mass is 10.3. The summed E-state index contributed by atoms with van der Waals surface area (Å²) < 4.78 is 29.4. The van der Waals surface area contributed by atoms with Gasteiger partial charge >= 0.3 is 0 Å². The van der Waals surface area contributed by atoms with Gasteiger partial charge in [-0.25, -0.2) is 13.8 Å². The molecule has 1 aromatic heterocycles. The van der Waals surface area contributed by atoms with E-state index in [9.17, 15) is 8.78 Å². The van der Waals surface area contributed by atoms with Crippen molar-refractivity contribution < 1.29 is 8.78 Å². The quantitative estimate of drug-likeness (QED) is 0.730. The summed E-state index contributed by atoms with van der Waals surface area (Å²) in [5.41, 5.74) is 0.718. The molecule has 0 unspecified atom stereocenters. The summed E-state index contributed by atoms with van der Waals surface area (Å²) in [5, 5.41) is 0. The van der Waals surface area contributed by atoms with Crippen molar-refractivity contribution in [2.75, 3.05) is 25.5 Å². The zero-order valence-corrected chi connectivity index (χ0v) is 13.1. The third-order valence-electron chi connectivity index (χ3n) is 3.73. The second kappa shape index (κ2) is 7.18. The van der Waals surface area contributed by atoms with Crippen LogP contribution in [0.15, 0.2) is 12.1 Å². The van der Waals surface area contributed by atoms with Crippen LogP contribution in [-0.2, 0) is 13.0 Å².